The van der Waals surface area contributed by atoms with E-state index in [0.717, 1.165) is 53.8 Å². The molecule has 3 aromatic carbocycles. The number of nitrogens with one attached hydrogen (secondary N) is 1. The van der Waals surface area contributed by atoms with E-state index in [0.29, 0.717) is 13.0 Å². The lowest BCUT2D eigenvalue weighted by Crippen LogP contribution is -2.60. The summed E-state index contributed by atoms with van der Waals surface area (Å²) >= 11 is 6.06. The van der Waals surface area contributed by atoms with Crippen molar-refractivity contribution in [3.63, 3.8) is 0 Å². The van der Waals surface area contributed by atoms with Gasteiger partial charge in [0.25, 0.3) is 0 Å². The first-order valence-corrected chi connectivity index (χ1v) is 12.3. The van der Waals surface area contributed by atoms with Crippen molar-refractivity contribution < 1.29 is 13.9 Å². The van der Waals surface area contributed by atoms with Crippen molar-refractivity contribution in [1.29, 1.82) is 0 Å². The number of fused-ring (bicyclic) bond motifs is 3. The summed E-state index contributed by atoms with van der Waals surface area (Å²) in [7, 11) is 1.68. The van der Waals surface area contributed by atoms with Crippen LogP contribution in [0.25, 0.3) is 0 Å². The van der Waals surface area contributed by atoms with Crippen LogP contribution in [0.2, 0.25) is 5.02 Å². The smallest absolute Gasteiger partial charge is 0.225 e. The number of piperazine rings is 1. The van der Waals surface area contributed by atoms with Gasteiger partial charge in [-0.25, -0.2) is 4.39 Å². The monoisotopic (exact) mass is 493 g/mol. The van der Waals surface area contributed by atoms with E-state index in [4.69, 9.17) is 16.3 Å². The number of hydrogen-bond donors (Lipinski definition) is 1. The molecule has 0 bridgehead atoms. The standard InChI is InChI=1S/C28H29ClFN3O2/c1-35-24-10-7-21-14-25(28(34)31-16-20-3-2-4-23(30)13-20)27-18-32(11-12-33(27)26(21)15-24)17-19-5-8-22(29)9-6-19/h2-10,13,15,25,27H,11-12,14,16-18H2,1H3,(H,31,34)/t25-,27-/m0/s1. The molecule has 1 fully saturated rings. The Balaban J connectivity index is 1.37. The fraction of sp³-hybridized carbons (Fsp3) is 0.321. The van der Waals surface area contributed by atoms with Gasteiger partial charge in [0.1, 0.15) is 11.6 Å². The summed E-state index contributed by atoms with van der Waals surface area (Å²) in [6, 6.07) is 20.4. The van der Waals surface area contributed by atoms with Crippen molar-refractivity contribution in [3.8, 4) is 5.75 Å². The Morgan fingerprint density at radius 2 is 1.91 bits per heavy atom. The van der Waals surface area contributed by atoms with Gasteiger partial charge in [-0.2, -0.15) is 0 Å². The maximum absolute atomic E-state index is 13.6. The molecule has 0 saturated carbocycles. The molecule has 0 spiro atoms. The van der Waals surface area contributed by atoms with Crippen LogP contribution in [0.4, 0.5) is 10.1 Å². The number of hydrogen-bond acceptors (Lipinski definition) is 4. The van der Waals surface area contributed by atoms with Gasteiger partial charge >= 0.3 is 0 Å². The molecule has 35 heavy (non-hydrogen) atoms. The largest absolute Gasteiger partial charge is 0.497 e. The molecule has 5 rings (SSSR count). The van der Waals surface area contributed by atoms with Crippen LogP contribution in [0.5, 0.6) is 5.75 Å². The normalized spacial score (nSPS) is 19.6. The zero-order valence-electron chi connectivity index (χ0n) is 19.7. The minimum absolute atomic E-state index is 0.000859. The summed E-state index contributed by atoms with van der Waals surface area (Å²) in [6.07, 6.45) is 0.657. The highest BCUT2D eigenvalue weighted by atomic mass is 35.5. The maximum Gasteiger partial charge on any atom is 0.225 e. The SMILES string of the molecule is COc1ccc2c(c1)N1CCN(Cc3ccc(Cl)cc3)C[C@H]1[C@@H](C(=O)NCc1cccc(F)c1)C2. The fourth-order valence-electron chi connectivity index (χ4n) is 5.22. The van der Waals surface area contributed by atoms with Crippen LogP contribution in [0.1, 0.15) is 16.7 Å². The number of methoxy groups -OCH3 is 1. The van der Waals surface area contributed by atoms with Crippen molar-refractivity contribution in [2.24, 2.45) is 5.92 Å². The molecule has 7 heteroatoms. The number of benzene rings is 3. The van der Waals surface area contributed by atoms with Gasteiger partial charge in [-0.05, 0) is 53.4 Å². The quantitative estimate of drug-likeness (QED) is 0.542. The molecule has 0 aromatic heterocycles. The second-order valence-electron chi connectivity index (χ2n) is 9.28. The molecule has 2 aliphatic rings. The van der Waals surface area contributed by atoms with Gasteiger partial charge in [0.2, 0.25) is 5.91 Å². The molecule has 2 atom stereocenters. The van der Waals surface area contributed by atoms with Crippen LogP contribution in [0, 0.1) is 11.7 Å². The summed E-state index contributed by atoms with van der Waals surface area (Å²) in [5, 5.41) is 3.79. The Bertz CT molecular complexity index is 1200. The predicted molar refractivity (Wildman–Crippen MR) is 136 cm³/mol. The van der Waals surface area contributed by atoms with E-state index in [1.807, 2.05) is 24.3 Å². The minimum Gasteiger partial charge on any atom is -0.497 e. The van der Waals surface area contributed by atoms with Gasteiger partial charge < -0.3 is 15.0 Å². The zero-order valence-corrected chi connectivity index (χ0v) is 20.5. The molecule has 0 radical (unpaired) electrons. The Kier molecular flexibility index (Phi) is 6.93. The summed E-state index contributed by atoms with van der Waals surface area (Å²) < 4.78 is 19.1. The number of amides is 1. The molecule has 5 nitrogen and oxygen atoms in total. The van der Waals surface area contributed by atoms with Gasteiger partial charge in [0.05, 0.1) is 19.1 Å². The summed E-state index contributed by atoms with van der Waals surface area (Å²) in [4.78, 5) is 18.2. The summed E-state index contributed by atoms with van der Waals surface area (Å²) in [6.45, 7) is 3.62. The summed E-state index contributed by atoms with van der Waals surface area (Å²) in [5.74, 6) is 0.310. The second-order valence-corrected chi connectivity index (χ2v) is 9.71. The molecule has 2 aliphatic heterocycles. The van der Waals surface area contributed by atoms with Gasteiger partial charge in [-0.1, -0.05) is 41.9 Å². The molecular weight excluding hydrogens is 465 g/mol. The third kappa shape index (κ3) is 5.29. The molecule has 182 valence electrons. The van der Waals surface area contributed by atoms with Crippen LogP contribution in [-0.4, -0.2) is 43.6 Å². The Morgan fingerprint density at radius 3 is 2.69 bits per heavy atom. The van der Waals surface area contributed by atoms with Crippen LogP contribution >= 0.6 is 11.6 Å². The van der Waals surface area contributed by atoms with Crippen molar-refractivity contribution in [2.45, 2.75) is 25.6 Å². The Hall–Kier alpha value is -3.09. The molecule has 0 unspecified atom stereocenters. The first-order valence-electron chi connectivity index (χ1n) is 11.9. The molecule has 3 aromatic rings. The van der Waals surface area contributed by atoms with E-state index in [2.05, 4.69) is 39.4 Å². The van der Waals surface area contributed by atoms with E-state index in [-0.39, 0.29) is 23.7 Å². The molecule has 1 saturated heterocycles. The van der Waals surface area contributed by atoms with E-state index >= 15 is 0 Å². The lowest BCUT2D eigenvalue weighted by atomic mass is 9.83. The van der Waals surface area contributed by atoms with E-state index in [1.54, 1.807) is 13.2 Å². The van der Waals surface area contributed by atoms with Crippen molar-refractivity contribution >= 4 is 23.2 Å². The van der Waals surface area contributed by atoms with E-state index in [9.17, 15) is 9.18 Å². The average Bonchev–Trinajstić information content (AvgIpc) is 2.87. The van der Waals surface area contributed by atoms with E-state index in [1.165, 1.54) is 17.7 Å². The third-order valence-corrected chi connectivity index (χ3v) is 7.27. The van der Waals surface area contributed by atoms with Crippen molar-refractivity contribution in [2.75, 3.05) is 31.6 Å². The van der Waals surface area contributed by atoms with Gasteiger partial charge in [-0.3, -0.25) is 9.69 Å². The number of carbonyl (C=O) groups excluding carboxylic acids is 1. The van der Waals surface area contributed by atoms with Crippen molar-refractivity contribution in [3.05, 3.63) is 94.3 Å². The maximum atomic E-state index is 13.6. The molecule has 1 N–H and O–H groups in total. The average molecular weight is 494 g/mol. The number of rotatable bonds is 6. The lowest BCUT2D eigenvalue weighted by molar-refractivity contribution is -0.126. The summed E-state index contributed by atoms with van der Waals surface area (Å²) in [5.41, 5.74) is 4.26. The highest BCUT2D eigenvalue weighted by Gasteiger charge is 2.41. The third-order valence-electron chi connectivity index (χ3n) is 7.02. The van der Waals surface area contributed by atoms with Crippen molar-refractivity contribution in [1.82, 2.24) is 10.2 Å². The number of nitrogens with zero attached hydrogens (tertiary/aromatic N) is 2. The topological polar surface area (TPSA) is 44.8 Å². The van der Waals surface area contributed by atoms with Crippen LogP contribution < -0.4 is 15.0 Å². The van der Waals surface area contributed by atoms with Gasteiger partial charge in [-0.15, -0.1) is 0 Å². The Morgan fingerprint density at radius 1 is 1.09 bits per heavy atom. The predicted octanol–water partition coefficient (Wildman–Crippen LogP) is 4.67. The number of halogens is 2. The minimum atomic E-state index is -0.298. The first-order chi connectivity index (χ1) is 17.0. The number of anilines is 1. The molecule has 1 amide bonds. The Labute approximate surface area is 210 Å². The van der Waals surface area contributed by atoms with E-state index < -0.39 is 0 Å². The van der Waals surface area contributed by atoms with Crippen LogP contribution in [0.3, 0.4) is 0 Å². The van der Waals surface area contributed by atoms with Gasteiger partial charge in [0.15, 0.2) is 0 Å². The molecule has 0 aliphatic carbocycles. The van der Waals surface area contributed by atoms with Crippen LogP contribution in [-0.2, 0) is 24.3 Å². The van der Waals surface area contributed by atoms with Crippen LogP contribution in [0.15, 0.2) is 66.7 Å². The number of carbonyl (C=O) groups is 1. The second kappa shape index (κ2) is 10.3. The number of ether oxygens (including phenoxy) is 1. The zero-order chi connectivity index (χ0) is 24.4. The first kappa shape index (κ1) is 23.6. The van der Waals surface area contributed by atoms with Gasteiger partial charge in [0, 0.05) is 49.5 Å². The fourth-order valence-corrected chi connectivity index (χ4v) is 5.35. The molecule has 2 heterocycles. The highest BCUT2D eigenvalue weighted by Crippen LogP contribution is 2.38. The lowest BCUT2D eigenvalue weighted by Gasteiger charge is -2.49. The molecular formula is C28H29ClFN3O2. The highest BCUT2D eigenvalue weighted by molar-refractivity contribution is 6.30.